The molecule has 18 heavy (non-hydrogen) atoms. The van der Waals surface area contributed by atoms with E-state index in [1.807, 2.05) is 12.1 Å². The van der Waals surface area contributed by atoms with Crippen LogP contribution in [0.25, 0.3) is 10.8 Å². The molecule has 96 valence electrons. The number of unbranched alkanes of at least 4 members (excludes halogenated alkanes) is 3. The van der Waals surface area contributed by atoms with Gasteiger partial charge in [-0.05, 0) is 24.5 Å². The fourth-order valence-corrected chi connectivity index (χ4v) is 2.41. The van der Waals surface area contributed by atoms with E-state index in [1.165, 1.54) is 31.2 Å². The van der Waals surface area contributed by atoms with Crippen molar-refractivity contribution in [3.05, 3.63) is 35.9 Å². The van der Waals surface area contributed by atoms with Gasteiger partial charge >= 0.3 is 0 Å². The fraction of sp³-hybridized carbons (Fsp3) is 0.375. The molecule has 2 aromatic rings. The predicted molar refractivity (Wildman–Crippen MR) is 80.6 cm³/mol. The number of anilines is 2. The van der Waals surface area contributed by atoms with Gasteiger partial charge in [-0.15, -0.1) is 0 Å². The van der Waals surface area contributed by atoms with E-state index < -0.39 is 0 Å². The number of benzene rings is 2. The van der Waals surface area contributed by atoms with Crippen LogP contribution in [0.4, 0.5) is 11.4 Å². The van der Waals surface area contributed by atoms with Crippen molar-refractivity contribution in [2.24, 2.45) is 0 Å². The summed E-state index contributed by atoms with van der Waals surface area (Å²) >= 11 is 0. The third-order valence-corrected chi connectivity index (χ3v) is 3.53. The zero-order chi connectivity index (χ0) is 13.0. The number of nitrogens with two attached hydrogens (primary N) is 2. The van der Waals surface area contributed by atoms with E-state index in [9.17, 15) is 0 Å². The molecule has 0 heterocycles. The maximum atomic E-state index is 6.25. The summed E-state index contributed by atoms with van der Waals surface area (Å²) in [5.41, 5.74) is 15.2. The van der Waals surface area contributed by atoms with E-state index in [1.54, 1.807) is 0 Å². The number of hydrogen-bond donors (Lipinski definition) is 2. The van der Waals surface area contributed by atoms with Crippen molar-refractivity contribution < 1.29 is 0 Å². The van der Waals surface area contributed by atoms with Crippen LogP contribution in [0.3, 0.4) is 0 Å². The first-order valence-electron chi connectivity index (χ1n) is 6.79. The van der Waals surface area contributed by atoms with Crippen molar-refractivity contribution in [1.82, 2.24) is 0 Å². The van der Waals surface area contributed by atoms with E-state index in [0.29, 0.717) is 0 Å². The first-order chi connectivity index (χ1) is 8.74. The Morgan fingerprint density at radius 3 is 2.50 bits per heavy atom. The number of hydrogen-bond acceptors (Lipinski definition) is 2. The number of nitrogen functional groups attached to an aromatic ring is 2. The fourth-order valence-electron chi connectivity index (χ4n) is 2.41. The number of aryl methyl sites for hydroxylation is 1. The van der Waals surface area contributed by atoms with E-state index >= 15 is 0 Å². The molecule has 2 nitrogen and oxygen atoms in total. The minimum atomic E-state index is 0.803. The molecule has 0 aliphatic rings. The average molecular weight is 242 g/mol. The highest BCUT2D eigenvalue weighted by molar-refractivity contribution is 6.01. The molecule has 0 spiro atoms. The van der Waals surface area contributed by atoms with Gasteiger partial charge < -0.3 is 11.5 Å². The molecule has 0 amide bonds. The normalized spacial score (nSPS) is 10.9. The molecule has 0 bridgehead atoms. The predicted octanol–water partition coefficient (Wildman–Crippen LogP) is 4.13. The van der Waals surface area contributed by atoms with Crippen molar-refractivity contribution in [2.45, 2.75) is 39.0 Å². The first kappa shape index (κ1) is 12.7. The van der Waals surface area contributed by atoms with Crippen LogP contribution in [0.15, 0.2) is 30.3 Å². The van der Waals surface area contributed by atoms with Crippen LogP contribution in [0, 0.1) is 0 Å². The highest BCUT2D eigenvalue weighted by atomic mass is 14.6. The Hall–Kier alpha value is -1.70. The summed E-state index contributed by atoms with van der Waals surface area (Å²) < 4.78 is 0. The minimum Gasteiger partial charge on any atom is -0.398 e. The molecule has 0 aromatic heterocycles. The van der Waals surface area contributed by atoms with Crippen LogP contribution in [0.5, 0.6) is 0 Å². The zero-order valence-electron chi connectivity index (χ0n) is 11.1. The van der Waals surface area contributed by atoms with Crippen LogP contribution in [-0.2, 0) is 6.42 Å². The molecular weight excluding hydrogens is 220 g/mol. The van der Waals surface area contributed by atoms with Crippen LogP contribution in [-0.4, -0.2) is 0 Å². The van der Waals surface area contributed by atoms with E-state index in [4.69, 9.17) is 11.5 Å². The topological polar surface area (TPSA) is 52.0 Å². The third-order valence-electron chi connectivity index (χ3n) is 3.53. The van der Waals surface area contributed by atoms with E-state index in [2.05, 4.69) is 25.1 Å². The zero-order valence-corrected chi connectivity index (χ0v) is 11.1. The second-order valence-corrected chi connectivity index (χ2v) is 4.89. The average Bonchev–Trinajstić information content (AvgIpc) is 2.38. The maximum Gasteiger partial charge on any atom is 0.0427 e. The molecule has 0 aliphatic heterocycles. The van der Waals surface area contributed by atoms with Gasteiger partial charge in [0, 0.05) is 22.1 Å². The summed E-state index contributed by atoms with van der Waals surface area (Å²) in [5, 5.41) is 2.15. The third kappa shape index (κ3) is 2.58. The molecule has 4 N–H and O–H groups in total. The highest BCUT2D eigenvalue weighted by Crippen LogP contribution is 2.29. The van der Waals surface area contributed by atoms with Gasteiger partial charge in [-0.25, -0.2) is 0 Å². The molecule has 0 saturated carbocycles. The summed E-state index contributed by atoms with van der Waals surface area (Å²) in [6.07, 6.45) is 6.14. The molecule has 2 aromatic carbocycles. The number of fused-ring (bicyclic) bond motifs is 1. The first-order valence-corrected chi connectivity index (χ1v) is 6.79. The van der Waals surface area contributed by atoms with Crippen molar-refractivity contribution in [2.75, 3.05) is 11.5 Å². The quantitative estimate of drug-likeness (QED) is 0.612. The Labute approximate surface area is 109 Å². The second-order valence-electron chi connectivity index (χ2n) is 4.89. The lowest BCUT2D eigenvalue weighted by atomic mass is 9.99. The van der Waals surface area contributed by atoms with Crippen LogP contribution in [0.2, 0.25) is 0 Å². The van der Waals surface area contributed by atoms with Crippen LogP contribution >= 0.6 is 0 Å². The Bertz CT molecular complexity index is 532. The molecule has 0 radical (unpaired) electrons. The van der Waals surface area contributed by atoms with Gasteiger partial charge in [-0.3, -0.25) is 0 Å². The number of rotatable bonds is 5. The molecule has 0 atom stereocenters. The molecule has 2 rings (SSSR count). The van der Waals surface area contributed by atoms with Gasteiger partial charge in [-0.2, -0.15) is 0 Å². The smallest absolute Gasteiger partial charge is 0.0427 e. The molecule has 0 fully saturated rings. The SMILES string of the molecule is CCCCCCc1ccc2c(N)cccc2c1N. The minimum absolute atomic E-state index is 0.803. The van der Waals surface area contributed by atoms with Gasteiger partial charge in [-0.1, -0.05) is 50.5 Å². The largest absolute Gasteiger partial charge is 0.398 e. The van der Waals surface area contributed by atoms with Crippen molar-refractivity contribution >= 4 is 22.1 Å². The Morgan fingerprint density at radius 1 is 0.889 bits per heavy atom. The Balaban J connectivity index is 2.22. The van der Waals surface area contributed by atoms with Crippen LogP contribution < -0.4 is 11.5 Å². The van der Waals surface area contributed by atoms with Crippen LogP contribution in [0.1, 0.15) is 38.2 Å². The lowest BCUT2D eigenvalue weighted by Gasteiger charge is -2.10. The monoisotopic (exact) mass is 242 g/mol. The summed E-state index contributed by atoms with van der Waals surface area (Å²) in [6.45, 7) is 2.23. The van der Waals surface area contributed by atoms with Gasteiger partial charge in [0.15, 0.2) is 0 Å². The van der Waals surface area contributed by atoms with Crippen molar-refractivity contribution in [3.8, 4) is 0 Å². The molecular formula is C16H22N2. The summed E-state index contributed by atoms with van der Waals surface area (Å²) in [7, 11) is 0. The standard InChI is InChI=1S/C16H22N2/c1-2-3-4-5-7-12-10-11-13-14(16(12)18)8-6-9-15(13)17/h6,8-11H,2-5,7,17-18H2,1H3. The molecule has 2 heteroatoms. The van der Waals surface area contributed by atoms with Gasteiger partial charge in [0.05, 0.1) is 0 Å². The lowest BCUT2D eigenvalue weighted by Crippen LogP contribution is -1.97. The summed E-state index contributed by atoms with van der Waals surface area (Å²) in [4.78, 5) is 0. The van der Waals surface area contributed by atoms with Gasteiger partial charge in [0.25, 0.3) is 0 Å². The molecule has 0 aliphatic carbocycles. The second kappa shape index (κ2) is 5.76. The maximum absolute atomic E-state index is 6.25. The molecule has 0 unspecified atom stereocenters. The van der Waals surface area contributed by atoms with Crippen molar-refractivity contribution in [3.63, 3.8) is 0 Å². The van der Waals surface area contributed by atoms with Gasteiger partial charge in [0.2, 0.25) is 0 Å². The van der Waals surface area contributed by atoms with E-state index in [-0.39, 0.29) is 0 Å². The summed E-state index contributed by atoms with van der Waals surface area (Å²) in [6, 6.07) is 10.2. The van der Waals surface area contributed by atoms with Crippen molar-refractivity contribution in [1.29, 1.82) is 0 Å². The van der Waals surface area contributed by atoms with Gasteiger partial charge in [0.1, 0.15) is 0 Å². The highest BCUT2D eigenvalue weighted by Gasteiger charge is 2.05. The molecule has 0 saturated heterocycles. The Kier molecular flexibility index (Phi) is 4.08. The summed E-state index contributed by atoms with van der Waals surface area (Å²) in [5.74, 6) is 0. The van der Waals surface area contributed by atoms with E-state index in [0.717, 1.165) is 28.6 Å². The Morgan fingerprint density at radius 2 is 1.72 bits per heavy atom. The lowest BCUT2D eigenvalue weighted by molar-refractivity contribution is 0.667.